The molecule has 100 valence electrons. The summed E-state index contributed by atoms with van der Waals surface area (Å²) in [6.45, 7) is 4.43. The smallest absolute Gasteiger partial charge is 0.243 e. The second-order valence-corrected chi connectivity index (χ2v) is 7.45. The molecule has 1 fully saturated rings. The van der Waals surface area contributed by atoms with E-state index >= 15 is 0 Å². The highest BCUT2D eigenvalue weighted by Gasteiger charge is 2.40. The number of hydrogen-bond donors (Lipinski definition) is 1. The van der Waals surface area contributed by atoms with Crippen molar-refractivity contribution in [1.82, 2.24) is 4.31 Å². The maximum absolute atomic E-state index is 12.5. The molecule has 2 N–H and O–H groups in total. The third kappa shape index (κ3) is 2.22. The molecule has 2 rings (SSSR count). The average molecular weight is 289 g/mol. The van der Waals surface area contributed by atoms with Crippen molar-refractivity contribution in [3.63, 3.8) is 0 Å². The summed E-state index contributed by atoms with van der Waals surface area (Å²) in [5.74, 6) is 0. The molecule has 0 amide bonds. The lowest BCUT2D eigenvalue weighted by atomic mass is 10.0. The molecule has 0 spiro atoms. The van der Waals surface area contributed by atoms with Crippen LogP contribution >= 0.6 is 11.6 Å². The molecular weight excluding hydrogens is 272 g/mol. The van der Waals surface area contributed by atoms with Gasteiger partial charge in [0.1, 0.15) is 0 Å². The van der Waals surface area contributed by atoms with Gasteiger partial charge in [0.05, 0.1) is 15.6 Å². The van der Waals surface area contributed by atoms with Crippen molar-refractivity contribution in [2.45, 2.75) is 37.1 Å². The minimum absolute atomic E-state index is 0.205. The standard InChI is InChI=1S/C12H17ClN2O2S/c1-12(2)6-3-7-15(12)18(16,17)9-4-5-11(14)10(13)8-9/h4-5,8H,3,6-7,14H2,1-2H3. The number of nitrogens with zero attached hydrogens (tertiary/aromatic N) is 1. The monoisotopic (exact) mass is 288 g/mol. The first-order chi connectivity index (χ1) is 8.25. The molecule has 0 aliphatic carbocycles. The lowest BCUT2D eigenvalue weighted by molar-refractivity contribution is 0.292. The number of rotatable bonds is 2. The number of benzene rings is 1. The second-order valence-electron chi connectivity index (χ2n) is 5.18. The van der Waals surface area contributed by atoms with E-state index in [-0.39, 0.29) is 15.5 Å². The maximum atomic E-state index is 12.5. The van der Waals surface area contributed by atoms with E-state index in [1.54, 1.807) is 4.31 Å². The molecule has 1 saturated heterocycles. The first kappa shape index (κ1) is 13.6. The second kappa shape index (κ2) is 4.40. The minimum atomic E-state index is -3.49. The van der Waals surface area contributed by atoms with Gasteiger partial charge in [-0.3, -0.25) is 0 Å². The number of halogens is 1. The summed E-state index contributed by atoms with van der Waals surface area (Å²) < 4.78 is 26.6. The topological polar surface area (TPSA) is 63.4 Å². The molecule has 0 bridgehead atoms. The van der Waals surface area contributed by atoms with E-state index in [1.165, 1.54) is 18.2 Å². The fourth-order valence-corrected chi connectivity index (χ4v) is 4.44. The molecule has 18 heavy (non-hydrogen) atoms. The first-order valence-corrected chi connectivity index (χ1v) is 7.65. The predicted molar refractivity (Wildman–Crippen MR) is 73.1 cm³/mol. The van der Waals surface area contributed by atoms with Gasteiger partial charge < -0.3 is 5.73 Å². The van der Waals surface area contributed by atoms with Crippen LogP contribution in [0.1, 0.15) is 26.7 Å². The van der Waals surface area contributed by atoms with E-state index < -0.39 is 10.0 Å². The highest BCUT2D eigenvalue weighted by molar-refractivity contribution is 7.89. The van der Waals surface area contributed by atoms with E-state index in [2.05, 4.69) is 0 Å². The molecule has 6 heteroatoms. The van der Waals surface area contributed by atoms with Crippen molar-refractivity contribution in [3.05, 3.63) is 23.2 Å². The van der Waals surface area contributed by atoms with Crippen LogP contribution in [0.2, 0.25) is 5.02 Å². The van der Waals surface area contributed by atoms with Crippen LogP contribution in [-0.4, -0.2) is 24.8 Å². The number of nitrogen functional groups attached to an aromatic ring is 1. The van der Waals surface area contributed by atoms with Gasteiger partial charge in [0.15, 0.2) is 0 Å². The molecule has 1 aliphatic heterocycles. The third-order valence-corrected chi connectivity index (χ3v) is 5.82. The average Bonchev–Trinajstić information content (AvgIpc) is 2.62. The van der Waals surface area contributed by atoms with Crippen LogP contribution in [0.4, 0.5) is 5.69 Å². The van der Waals surface area contributed by atoms with Gasteiger partial charge in [0.2, 0.25) is 10.0 Å². The van der Waals surface area contributed by atoms with Crippen molar-refractivity contribution in [2.24, 2.45) is 0 Å². The normalized spacial score (nSPS) is 20.2. The van der Waals surface area contributed by atoms with Crippen molar-refractivity contribution in [1.29, 1.82) is 0 Å². The summed E-state index contributed by atoms with van der Waals surface area (Å²) in [6, 6.07) is 4.45. The van der Waals surface area contributed by atoms with Gasteiger partial charge in [-0.15, -0.1) is 0 Å². The minimum Gasteiger partial charge on any atom is -0.398 e. The summed E-state index contributed by atoms with van der Waals surface area (Å²) >= 11 is 5.89. The zero-order chi connectivity index (χ0) is 13.6. The zero-order valence-corrected chi connectivity index (χ0v) is 12.1. The SMILES string of the molecule is CC1(C)CCCN1S(=O)(=O)c1ccc(N)c(Cl)c1. The molecule has 1 heterocycles. The van der Waals surface area contributed by atoms with Gasteiger partial charge >= 0.3 is 0 Å². The quantitative estimate of drug-likeness (QED) is 0.851. The molecule has 1 aliphatic rings. The van der Waals surface area contributed by atoms with Gasteiger partial charge in [0, 0.05) is 12.1 Å². The molecular formula is C12H17ClN2O2S. The Hall–Kier alpha value is -0.780. The Kier molecular flexibility index (Phi) is 3.34. The van der Waals surface area contributed by atoms with Crippen LogP contribution in [0, 0.1) is 0 Å². The highest BCUT2D eigenvalue weighted by atomic mass is 35.5. The van der Waals surface area contributed by atoms with Crippen LogP contribution in [0.3, 0.4) is 0 Å². The van der Waals surface area contributed by atoms with Gasteiger partial charge in [0.25, 0.3) is 0 Å². The molecule has 1 aromatic rings. The van der Waals surface area contributed by atoms with E-state index in [1.807, 2.05) is 13.8 Å². The van der Waals surface area contributed by atoms with Crippen molar-refractivity contribution in [3.8, 4) is 0 Å². The van der Waals surface area contributed by atoms with E-state index in [9.17, 15) is 8.42 Å². The summed E-state index contributed by atoms with van der Waals surface area (Å²) in [4.78, 5) is 0.205. The fourth-order valence-electron chi connectivity index (χ4n) is 2.32. The molecule has 0 radical (unpaired) electrons. The number of hydrogen-bond acceptors (Lipinski definition) is 3. The molecule has 0 aromatic heterocycles. The summed E-state index contributed by atoms with van der Waals surface area (Å²) in [5, 5.41) is 0.271. The van der Waals surface area contributed by atoms with E-state index in [0.29, 0.717) is 12.2 Å². The van der Waals surface area contributed by atoms with Crippen LogP contribution in [0.25, 0.3) is 0 Å². The zero-order valence-electron chi connectivity index (χ0n) is 10.5. The summed E-state index contributed by atoms with van der Waals surface area (Å²) in [6.07, 6.45) is 1.75. The number of sulfonamides is 1. The molecule has 1 aromatic carbocycles. The Morgan fingerprint density at radius 1 is 1.39 bits per heavy atom. The van der Waals surface area contributed by atoms with Crippen LogP contribution in [0.5, 0.6) is 0 Å². The Bertz CT molecular complexity index is 569. The van der Waals surface area contributed by atoms with E-state index in [0.717, 1.165) is 12.8 Å². The van der Waals surface area contributed by atoms with Gasteiger partial charge in [-0.25, -0.2) is 8.42 Å². The number of anilines is 1. The van der Waals surface area contributed by atoms with Crippen molar-refractivity contribution < 1.29 is 8.42 Å². The molecule has 4 nitrogen and oxygen atoms in total. The lowest BCUT2D eigenvalue weighted by Gasteiger charge is -2.30. The fraction of sp³-hybridized carbons (Fsp3) is 0.500. The first-order valence-electron chi connectivity index (χ1n) is 5.83. The highest BCUT2D eigenvalue weighted by Crippen LogP contribution is 2.35. The van der Waals surface area contributed by atoms with Gasteiger partial charge in [-0.1, -0.05) is 11.6 Å². The van der Waals surface area contributed by atoms with Crippen LogP contribution in [0.15, 0.2) is 23.1 Å². The van der Waals surface area contributed by atoms with Crippen LogP contribution in [-0.2, 0) is 10.0 Å². The molecule has 0 saturated carbocycles. The molecule has 0 unspecified atom stereocenters. The summed E-state index contributed by atoms with van der Waals surface area (Å²) in [5.41, 5.74) is 5.64. The lowest BCUT2D eigenvalue weighted by Crippen LogP contribution is -2.42. The Morgan fingerprint density at radius 2 is 2.06 bits per heavy atom. The molecule has 0 atom stereocenters. The van der Waals surface area contributed by atoms with Crippen molar-refractivity contribution in [2.75, 3.05) is 12.3 Å². The Balaban J connectivity index is 2.45. The largest absolute Gasteiger partial charge is 0.398 e. The Morgan fingerprint density at radius 3 is 2.56 bits per heavy atom. The van der Waals surface area contributed by atoms with E-state index in [4.69, 9.17) is 17.3 Å². The maximum Gasteiger partial charge on any atom is 0.243 e. The number of nitrogens with two attached hydrogens (primary N) is 1. The summed E-state index contributed by atoms with van der Waals surface area (Å²) in [7, 11) is -3.49. The van der Waals surface area contributed by atoms with Gasteiger partial charge in [-0.05, 0) is 44.9 Å². The third-order valence-electron chi connectivity index (χ3n) is 3.38. The van der Waals surface area contributed by atoms with Crippen molar-refractivity contribution >= 4 is 27.3 Å². The van der Waals surface area contributed by atoms with Crippen LogP contribution < -0.4 is 5.73 Å². The predicted octanol–water partition coefficient (Wildman–Crippen LogP) is 2.49. The van der Waals surface area contributed by atoms with Gasteiger partial charge in [-0.2, -0.15) is 4.31 Å². The Labute approximate surface area is 113 Å².